The summed E-state index contributed by atoms with van der Waals surface area (Å²) in [5, 5.41) is 3.64. The van der Waals surface area contributed by atoms with Crippen LogP contribution in [0.25, 0.3) is 0 Å². The minimum Gasteiger partial charge on any atom is -0.304 e. The third-order valence-electron chi connectivity index (χ3n) is 2.06. The molecule has 0 saturated heterocycles. The number of thiophene rings is 1. The van der Waals surface area contributed by atoms with Crippen LogP contribution in [-0.4, -0.2) is 18.6 Å². The van der Waals surface area contributed by atoms with Crippen molar-refractivity contribution in [1.82, 2.24) is 5.32 Å². The minimum atomic E-state index is -5.58. The van der Waals surface area contributed by atoms with Gasteiger partial charge in [-0.3, -0.25) is 0 Å². The Labute approximate surface area is 107 Å². The predicted molar refractivity (Wildman–Crippen MR) is 59.4 cm³/mol. The number of hydrogen-bond donors (Lipinski definition) is 1. The molecule has 0 radical (unpaired) electrons. The molecule has 0 aliphatic carbocycles. The van der Waals surface area contributed by atoms with E-state index in [1.54, 1.807) is 0 Å². The maximum atomic E-state index is 13.3. The van der Waals surface area contributed by atoms with Crippen LogP contribution in [0.5, 0.6) is 0 Å². The van der Waals surface area contributed by atoms with Crippen molar-refractivity contribution in [1.29, 1.82) is 0 Å². The molecule has 8 heteroatoms. The SMILES string of the molecule is CCNC(c1sccc1Br)C(F)(F)C(F)(F)F. The second-order valence-electron chi connectivity index (χ2n) is 3.24. The molecule has 0 saturated carbocycles. The van der Waals surface area contributed by atoms with Crippen molar-refractivity contribution in [2.45, 2.75) is 25.1 Å². The molecule has 0 bridgehead atoms. The van der Waals surface area contributed by atoms with Gasteiger partial charge in [0, 0.05) is 9.35 Å². The summed E-state index contributed by atoms with van der Waals surface area (Å²) in [6.07, 6.45) is -5.58. The van der Waals surface area contributed by atoms with Crippen LogP contribution in [0.3, 0.4) is 0 Å². The summed E-state index contributed by atoms with van der Waals surface area (Å²) in [7, 11) is 0. The quantitative estimate of drug-likeness (QED) is 0.805. The molecule has 0 aliphatic rings. The highest BCUT2D eigenvalue weighted by Gasteiger charge is 2.63. The molecule has 1 aromatic rings. The lowest BCUT2D eigenvalue weighted by molar-refractivity contribution is -0.294. The number of rotatable bonds is 4. The molecule has 98 valence electrons. The monoisotopic (exact) mass is 337 g/mol. The lowest BCUT2D eigenvalue weighted by atomic mass is 10.1. The predicted octanol–water partition coefficient (Wildman–Crippen LogP) is 4.36. The first-order valence-corrected chi connectivity index (χ1v) is 6.30. The van der Waals surface area contributed by atoms with Gasteiger partial charge < -0.3 is 5.32 Å². The lowest BCUT2D eigenvalue weighted by Crippen LogP contribution is -2.47. The lowest BCUT2D eigenvalue weighted by Gasteiger charge is -2.28. The topological polar surface area (TPSA) is 12.0 Å². The fraction of sp³-hybridized carbons (Fsp3) is 0.556. The Hall–Kier alpha value is -0.210. The summed E-state index contributed by atoms with van der Waals surface area (Å²) >= 11 is 3.82. The zero-order valence-corrected chi connectivity index (χ0v) is 11.0. The Morgan fingerprint density at radius 1 is 1.35 bits per heavy atom. The van der Waals surface area contributed by atoms with Gasteiger partial charge in [0.1, 0.15) is 6.04 Å². The number of alkyl halides is 5. The molecule has 0 amide bonds. The largest absolute Gasteiger partial charge is 0.455 e. The van der Waals surface area contributed by atoms with Crippen LogP contribution in [0, 0.1) is 0 Å². The molecule has 1 unspecified atom stereocenters. The average Bonchev–Trinajstić information content (AvgIpc) is 2.58. The summed E-state index contributed by atoms with van der Waals surface area (Å²) in [6, 6.07) is -0.626. The highest BCUT2D eigenvalue weighted by atomic mass is 79.9. The summed E-state index contributed by atoms with van der Waals surface area (Å²) in [5.41, 5.74) is 0. The van der Waals surface area contributed by atoms with Gasteiger partial charge in [0.2, 0.25) is 0 Å². The van der Waals surface area contributed by atoms with Crippen LogP contribution in [-0.2, 0) is 0 Å². The highest BCUT2D eigenvalue weighted by molar-refractivity contribution is 9.10. The summed E-state index contributed by atoms with van der Waals surface area (Å²) in [6.45, 7) is 1.49. The minimum absolute atomic E-state index is 0.0146. The fourth-order valence-corrected chi connectivity index (χ4v) is 2.98. The van der Waals surface area contributed by atoms with E-state index in [0.29, 0.717) is 0 Å². The third-order valence-corrected chi connectivity index (χ3v) is 3.99. The van der Waals surface area contributed by atoms with Crippen LogP contribution in [0.1, 0.15) is 17.8 Å². The van der Waals surface area contributed by atoms with E-state index < -0.39 is 18.1 Å². The van der Waals surface area contributed by atoms with Crippen molar-refractivity contribution in [2.75, 3.05) is 6.54 Å². The average molecular weight is 338 g/mol. The van der Waals surface area contributed by atoms with E-state index in [4.69, 9.17) is 0 Å². The Kier molecular flexibility index (Phi) is 4.54. The van der Waals surface area contributed by atoms with Gasteiger partial charge in [0.25, 0.3) is 0 Å². The van der Waals surface area contributed by atoms with Crippen LogP contribution in [0.2, 0.25) is 0 Å². The van der Waals surface area contributed by atoms with Crippen LogP contribution < -0.4 is 5.32 Å². The first kappa shape index (κ1) is 14.8. The number of nitrogens with one attached hydrogen (secondary N) is 1. The molecule has 1 nitrogen and oxygen atoms in total. The van der Waals surface area contributed by atoms with Gasteiger partial charge in [-0.1, -0.05) is 6.92 Å². The van der Waals surface area contributed by atoms with E-state index in [9.17, 15) is 22.0 Å². The Morgan fingerprint density at radius 2 is 1.94 bits per heavy atom. The zero-order chi connectivity index (χ0) is 13.3. The molecule has 1 heterocycles. The van der Waals surface area contributed by atoms with E-state index in [2.05, 4.69) is 21.2 Å². The second-order valence-corrected chi connectivity index (χ2v) is 5.05. The van der Waals surface area contributed by atoms with Crippen LogP contribution in [0.4, 0.5) is 22.0 Å². The van der Waals surface area contributed by atoms with Crippen molar-refractivity contribution >= 4 is 27.3 Å². The molecule has 0 fully saturated rings. The van der Waals surface area contributed by atoms with Crippen molar-refractivity contribution in [2.24, 2.45) is 0 Å². The summed E-state index contributed by atoms with van der Waals surface area (Å²) in [4.78, 5) is -0.0609. The normalized spacial score (nSPS) is 15.0. The van der Waals surface area contributed by atoms with Crippen LogP contribution >= 0.6 is 27.3 Å². The van der Waals surface area contributed by atoms with Gasteiger partial charge >= 0.3 is 12.1 Å². The molecule has 1 aromatic heterocycles. The van der Waals surface area contributed by atoms with E-state index in [1.165, 1.54) is 18.4 Å². The van der Waals surface area contributed by atoms with Gasteiger partial charge in [-0.25, -0.2) is 0 Å². The highest BCUT2D eigenvalue weighted by Crippen LogP contribution is 2.47. The van der Waals surface area contributed by atoms with Gasteiger partial charge in [-0.2, -0.15) is 22.0 Å². The Bertz CT molecular complexity index is 376. The maximum Gasteiger partial charge on any atom is 0.455 e. The first-order chi connectivity index (χ1) is 7.71. The third kappa shape index (κ3) is 2.97. The fourth-order valence-electron chi connectivity index (χ4n) is 1.26. The zero-order valence-electron chi connectivity index (χ0n) is 8.62. The standard InChI is InChI=1S/C9H9BrF5NS/c1-2-16-7(6-5(10)3-4-17-6)8(11,12)9(13,14)15/h3-4,7,16H,2H2,1H3. The van der Waals surface area contributed by atoms with Crippen molar-refractivity contribution in [3.05, 3.63) is 20.8 Å². The first-order valence-electron chi connectivity index (χ1n) is 4.62. The van der Waals surface area contributed by atoms with Gasteiger partial charge in [-0.05, 0) is 33.9 Å². The maximum absolute atomic E-state index is 13.3. The smallest absolute Gasteiger partial charge is 0.304 e. The van der Waals surface area contributed by atoms with Crippen molar-refractivity contribution in [3.63, 3.8) is 0 Å². The molecule has 0 aromatic carbocycles. The molecule has 0 spiro atoms. The van der Waals surface area contributed by atoms with Gasteiger partial charge in [-0.15, -0.1) is 11.3 Å². The van der Waals surface area contributed by atoms with Crippen molar-refractivity contribution in [3.8, 4) is 0 Å². The van der Waals surface area contributed by atoms with E-state index >= 15 is 0 Å². The molecule has 17 heavy (non-hydrogen) atoms. The van der Waals surface area contributed by atoms with Crippen LogP contribution in [0.15, 0.2) is 15.9 Å². The molecule has 1 atom stereocenters. The van der Waals surface area contributed by atoms with E-state index in [0.717, 1.165) is 11.3 Å². The van der Waals surface area contributed by atoms with E-state index in [1.807, 2.05) is 0 Å². The van der Waals surface area contributed by atoms with Gasteiger partial charge in [0.05, 0.1) is 0 Å². The molecular weight excluding hydrogens is 329 g/mol. The number of hydrogen-bond acceptors (Lipinski definition) is 2. The Balaban J connectivity index is 3.14. The molecular formula is C9H9BrF5NS. The Morgan fingerprint density at radius 3 is 2.29 bits per heavy atom. The molecule has 1 N–H and O–H groups in total. The summed E-state index contributed by atoms with van der Waals surface area (Å²) < 4.78 is 63.9. The van der Waals surface area contributed by atoms with Gasteiger partial charge in [0.15, 0.2) is 0 Å². The second kappa shape index (κ2) is 5.19. The summed E-state index contributed by atoms with van der Waals surface area (Å²) in [5.74, 6) is -4.81. The van der Waals surface area contributed by atoms with E-state index in [-0.39, 0.29) is 15.9 Å². The van der Waals surface area contributed by atoms with Crippen molar-refractivity contribution < 1.29 is 22.0 Å². The number of halogens is 6. The molecule has 1 rings (SSSR count). The molecule has 0 aliphatic heterocycles.